The van der Waals surface area contributed by atoms with Gasteiger partial charge in [0.1, 0.15) is 0 Å². The van der Waals surface area contributed by atoms with Gasteiger partial charge >= 0.3 is 0 Å². The van der Waals surface area contributed by atoms with E-state index in [1.54, 1.807) is 12.1 Å². The van der Waals surface area contributed by atoms with Gasteiger partial charge in [0, 0.05) is 21.7 Å². The molecule has 0 N–H and O–H groups in total. The molecule has 74 valence electrons. The molecule has 0 saturated heterocycles. The van der Waals surface area contributed by atoms with Gasteiger partial charge in [-0.3, -0.25) is 9.00 Å². The Hall–Kier alpha value is -0.480. The summed E-state index contributed by atoms with van der Waals surface area (Å²) in [6.07, 6.45) is 0. The third-order valence-corrected chi connectivity index (χ3v) is 4.93. The number of ketones is 1. The lowest BCUT2D eigenvalue weighted by molar-refractivity contribution is 0.0935. The van der Waals surface area contributed by atoms with E-state index >= 15 is 0 Å². The average Bonchev–Trinajstić information content (AvgIpc) is 2.14. The van der Waals surface area contributed by atoms with Crippen molar-refractivity contribution < 1.29 is 9.00 Å². The first kappa shape index (κ1) is 10.1. The Labute approximate surface area is 93.3 Å². The van der Waals surface area contributed by atoms with E-state index < -0.39 is 10.8 Å². The van der Waals surface area contributed by atoms with Crippen LogP contribution >= 0.6 is 15.9 Å². The van der Waals surface area contributed by atoms with Gasteiger partial charge < -0.3 is 0 Å². The summed E-state index contributed by atoms with van der Waals surface area (Å²) in [6.45, 7) is 1.82. The van der Waals surface area contributed by atoms with Crippen LogP contribution in [0.5, 0.6) is 0 Å². The highest BCUT2D eigenvalue weighted by Crippen LogP contribution is 2.31. The summed E-state index contributed by atoms with van der Waals surface area (Å²) >= 11 is 3.32. The molecule has 1 aliphatic heterocycles. The summed E-state index contributed by atoms with van der Waals surface area (Å²) in [4.78, 5) is 12.4. The van der Waals surface area contributed by atoms with Crippen LogP contribution in [0.2, 0.25) is 0 Å². The second-order valence-electron chi connectivity index (χ2n) is 3.39. The minimum Gasteiger partial charge on any atom is -0.294 e. The summed E-state index contributed by atoms with van der Waals surface area (Å²) in [6, 6.07) is 5.37. The minimum atomic E-state index is -1.05. The highest BCUT2D eigenvalue weighted by molar-refractivity contribution is 9.10. The Morgan fingerprint density at radius 3 is 2.93 bits per heavy atom. The highest BCUT2D eigenvalue weighted by Gasteiger charge is 2.29. The number of hydrogen-bond donors (Lipinski definition) is 0. The van der Waals surface area contributed by atoms with Crippen LogP contribution in [0.4, 0.5) is 0 Å². The molecule has 0 amide bonds. The van der Waals surface area contributed by atoms with Crippen molar-refractivity contribution in [3.63, 3.8) is 0 Å². The van der Waals surface area contributed by atoms with Crippen molar-refractivity contribution in [3.05, 3.63) is 28.2 Å². The molecule has 1 aliphatic rings. The van der Waals surface area contributed by atoms with Gasteiger partial charge in [-0.2, -0.15) is 0 Å². The fourth-order valence-electron chi connectivity index (χ4n) is 1.59. The fourth-order valence-corrected chi connectivity index (χ4v) is 3.97. The average molecular weight is 273 g/mol. The van der Waals surface area contributed by atoms with Gasteiger partial charge in [0.2, 0.25) is 0 Å². The van der Waals surface area contributed by atoms with Crippen molar-refractivity contribution in [1.29, 1.82) is 0 Å². The van der Waals surface area contributed by atoms with E-state index in [1.165, 1.54) is 0 Å². The summed E-state index contributed by atoms with van der Waals surface area (Å²) in [5, 5.41) is 0. The van der Waals surface area contributed by atoms with Crippen LogP contribution in [0, 0.1) is 5.92 Å². The smallest absolute Gasteiger partial charge is 0.167 e. The van der Waals surface area contributed by atoms with Crippen molar-refractivity contribution in [2.24, 2.45) is 5.92 Å². The molecule has 0 saturated carbocycles. The third-order valence-electron chi connectivity index (χ3n) is 2.31. The van der Waals surface area contributed by atoms with Crippen LogP contribution in [0.15, 0.2) is 27.6 Å². The van der Waals surface area contributed by atoms with E-state index in [1.807, 2.05) is 13.0 Å². The van der Waals surface area contributed by atoms with Crippen LogP contribution in [0.3, 0.4) is 0 Å². The van der Waals surface area contributed by atoms with Gasteiger partial charge in [0.25, 0.3) is 0 Å². The number of Topliss-reactive ketones (excluding diaryl/α,β-unsaturated/α-hetero) is 1. The van der Waals surface area contributed by atoms with E-state index in [-0.39, 0.29) is 11.7 Å². The standard InChI is InChI=1S/C10H9BrO2S/c1-6-5-14(13)10-7(9(6)12)3-2-4-8(10)11/h2-4,6H,5H2,1H3. The Balaban J connectivity index is 2.67. The molecule has 0 spiro atoms. The molecule has 0 fully saturated rings. The van der Waals surface area contributed by atoms with Gasteiger partial charge in [0.05, 0.1) is 15.7 Å². The predicted molar refractivity (Wildman–Crippen MR) is 58.9 cm³/mol. The molecule has 14 heavy (non-hydrogen) atoms. The number of benzene rings is 1. The molecule has 0 bridgehead atoms. The first-order chi connectivity index (χ1) is 6.61. The number of rotatable bonds is 0. The Morgan fingerprint density at radius 2 is 2.21 bits per heavy atom. The molecule has 2 atom stereocenters. The maximum Gasteiger partial charge on any atom is 0.167 e. The van der Waals surface area contributed by atoms with E-state index in [4.69, 9.17) is 0 Å². The molecule has 2 nitrogen and oxygen atoms in total. The zero-order chi connectivity index (χ0) is 10.3. The minimum absolute atomic E-state index is 0.0981. The lowest BCUT2D eigenvalue weighted by atomic mass is 10.0. The lowest BCUT2D eigenvalue weighted by Gasteiger charge is -2.20. The molecule has 1 aromatic rings. The number of carbonyl (C=O) groups excluding carboxylic acids is 1. The molecule has 1 aromatic carbocycles. The van der Waals surface area contributed by atoms with Crippen molar-refractivity contribution in [1.82, 2.24) is 0 Å². The van der Waals surface area contributed by atoms with Crippen LogP contribution in [0.25, 0.3) is 0 Å². The van der Waals surface area contributed by atoms with Gasteiger partial charge in [0.15, 0.2) is 5.78 Å². The highest BCUT2D eigenvalue weighted by atomic mass is 79.9. The Morgan fingerprint density at radius 1 is 1.50 bits per heavy atom. The normalized spacial score (nSPS) is 26.0. The van der Waals surface area contributed by atoms with E-state index in [2.05, 4.69) is 15.9 Å². The Bertz CT molecular complexity index is 428. The number of hydrogen-bond acceptors (Lipinski definition) is 2. The van der Waals surface area contributed by atoms with Crippen molar-refractivity contribution in [2.45, 2.75) is 11.8 Å². The van der Waals surface area contributed by atoms with Gasteiger partial charge in [-0.25, -0.2) is 0 Å². The second-order valence-corrected chi connectivity index (χ2v) is 5.68. The summed E-state index contributed by atoms with van der Waals surface area (Å²) in [5.74, 6) is 0.410. The van der Waals surface area contributed by atoms with Crippen LogP contribution in [-0.2, 0) is 10.8 Å². The topological polar surface area (TPSA) is 34.1 Å². The molecule has 0 aliphatic carbocycles. The number of halogens is 1. The SMILES string of the molecule is CC1CS(=O)c2c(Br)cccc2C1=O. The van der Waals surface area contributed by atoms with Crippen molar-refractivity contribution in [2.75, 3.05) is 5.75 Å². The molecule has 4 heteroatoms. The Kier molecular flexibility index (Phi) is 2.58. The van der Waals surface area contributed by atoms with Crippen LogP contribution < -0.4 is 0 Å². The lowest BCUT2D eigenvalue weighted by Crippen LogP contribution is -2.26. The quantitative estimate of drug-likeness (QED) is 0.727. The largest absolute Gasteiger partial charge is 0.294 e. The molecular formula is C10H9BrO2S. The van der Waals surface area contributed by atoms with Crippen molar-refractivity contribution >= 4 is 32.5 Å². The summed E-state index contributed by atoms with van der Waals surface area (Å²) in [7, 11) is -1.05. The van der Waals surface area contributed by atoms with Gasteiger partial charge in [-0.15, -0.1) is 0 Å². The zero-order valence-electron chi connectivity index (χ0n) is 7.62. The number of carbonyl (C=O) groups is 1. The fraction of sp³-hybridized carbons (Fsp3) is 0.300. The molecule has 2 unspecified atom stereocenters. The second kappa shape index (κ2) is 3.59. The first-order valence-corrected chi connectivity index (χ1v) is 6.43. The third kappa shape index (κ3) is 1.46. The van der Waals surface area contributed by atoms with Crippen molar-refractivity contribution in [3.8, 4) is 0 Å². The molecule has 1 heterocycles. The molecule has 2 rings (SSSR count). The summed E-state index contributed by atoms with van der Waals surface area (Å²) < 4.78 is 12.6. The molecule has 0 aromatic heterocycles. The van der Waals surface area contributed by atoms with E-state index in [9.17, 15) is 9.00 Å². The maximum absolute atomic E-state index is 11.8. The van der Waals surface area contributed by atoms with Crippen LogP contribution in [0.1, 0.15) is 17.3 Å². The monoisotopic (exact) mass is 272 g/mol. The molecular weight excluding hydrogens is 264 g/mol. The first-order valence-electron chi connectivity index (χ1n) is 4.32. The van der Waals surface area contributed by atoms with Gasteiger partial charge in [-0.05, 0) is 22.0 Å². The van der Waals surface area contributed by atoms with E-state index in [0.29, 0.717) is 16.2 Å². The van der Waals surface area contributed by atoms with Gasteiger partial charge in [-0.1, -0.05) is 19.1 Å². The molecule has 0 radical (unpaired) electrons. The van der Waals surface area contributed by atoms with Crippen LogP contribution in [-0.4, -0.2) is 15.7 Å². The van der Waals surface area contributed by atoms with E-state index in [0.717, 1.165) is 4.47 Å². The number of fused-ring (bicyclic) bond motifs is 1. The predicted octanol–water partition coefficient (Wildman–Crippen LogP) is 2.39. The maximum atomic E-state index is 11.8. The summed E-state index contributed by atoms with van der Waals surface area (Å²) in [5.41, 5.74) is 0.608. The zero-order valence-corrected chi connectivity index (χ0v) is 10.0.